The minimum absolute atomic E-state index is 0.00418. The van der Waals surface area contributed by atoms with Gasteiger partial charge in [0.2, 0.25) is 11.8 Å². The highest BCUT2D eigenvalue weighted by Gasteiger charge is 2.24. The smallest absolute Gasteiger partial charge is 0.306 e. The number of rotatable bonds is 11. The summed E-state index contributed by atoms with van der Waals surface area (Å²) >= 11 is 0. The van der Waals surface area contributed by atoms with E-state index in [4.69, 9.17) is 9.15 Å². The Bertz CT molecular complexity index is 802. The SMILES string of the molecule is CCOC(=O)CCC(=O)N(CC(=O)N(Cc1ccccc1)Cc1ccco1)C(C)C. The summed E-state index contributed by atoms with van der Waals surface area (Å²) < 4.78 is 10.3. The van der Waals surface area contributed by atoms with Crippen LogP contribution in [0.1, 0.15) is 44.9 Å². The van der Waals surface area contributed by atoms with E-state index in [1.807, 2.05) is 50.2 Å². The van der Waals surface area contributed by atoms with Crippen LogP contribution in [0.2, 0.25) is 0 Å². The Morgan fingerprint density at radius 1 is 0.967 bits per heavy atom. The van der Waals surface area contributed by atoms with Crippen molar-refractivity contribution >= 4 is 17.8 Å². The molecule has 0 aliphatic heterocycles. The molecule has 162 valence electrons. The van der Waals surface area contributed by atoms with Gasteiger partial charge in [0.15, 0.2) is 0 Å². The lowest BCUT2D eigenvalue weighted by atomic mass is 10.2. The molecule has 7 heteroatoms. The van der Waals surface area contributed by atoms with Gasteiger partial charge in [-0.3, -0.25) is 14.4 Å². The van der Waals surface area contributed by atoms with Crippen molar-refractivity contribution in [1.29, 1.82) is 0 Å². The molecule has 0 bridgehead atoms. The molecule has 7 nitrogen and oxygen atoms in total. The Morgan fingerprint density at radius 2 is 1.70 bits per heavy atom. The summed E-state index contributed by atoms with van der Waals surface area (Å²) in [5.41, 5.74) is 0.988. The average molecular weight is 415 g/mol. The lowest BCUT2D eigenvalue weighted by Gasteiger charge is -2.30. The summed E-state index contributed by atoms with van der Waals surface area (Å²) in [6.07, 6.45) is 1.59. The van der Waals surface area contributed by atoms with E-state index in [-0.39, 0.29) is 43.8 Å². The normalized spacial score (nSPS) is 10.7. The molecule has 30 heavy (non-hydrogen) atoms. The standard InChI is InChI=1S/C23H30N2O5/c1-4-29-23(28)13-12-21(26)25(18(2)3)17-22(27)24(16-20-11-8-14-30-20)15-19-9-6-5-7-10-19/h5-11,14,18H,4,12-13,15-17H2,1-3H3. The number of carbonyl (C=O) groups is 3. The maximum Gasteiger partial charge on any atom is 0.306 e. The fraction of sp³-hybridized carbons (Fsp3) is 0.435. The molecular weight excluding hydrogens is 384 g/mol. The molecule has 1 heterocycles. The summed E-state index contributed by atoms with van der Waals surface area (Å²) in [4.78, 5) is 40.5. The quantitative estimate of drug-likeness (QED) is 0.527. The van der Waals surface area contributed by atoms with Gasteiger partial charge in [-0.2, -0.15) is 0 Å². The van der Waals surface area contributed by atoms with E-state index in [1.54, 1.807) is 24.2 Å². The van der Waals surface area contributed by atoms with Crippen LogP contribution in [0.15, 0.2) is 53.1 Å². The van der Waals surface area contributed by atoms with Gasteiger partial charge in [0.25, 0.3) is 0 Å². The number of furan rings is 1. The number of benzene rings is 1. The van der Waals surface area contributed by atoms with Gasteiger partial charge in [-0.25, -0.2) is 0 Å². The van der Waals surface area contributed by atoms with Crippen molar-refractivity contribution in [2.24, 2.45) is 0 Å². The molecule has 0 saturated carbocycles. The predicted molar refractivity (Wildman–Crippen MR) is 112 cm³/mol. The van der Waals surface area contributed by atoms with Crippen LogP contribution in [-0.2, 0) is 32.2 Å². The largest absolute Gasteiger partial charge is 0.467 e. The van der Waals surface area contributed by atoms with E-state index >= 15 is 0 Å². The third-order valence-electron chi connectivity index (χ3n) is 4.59. The number of nitrogens with zero attached hydrogens (tertiary/aromatic N) is 2. The van der Waals surface area contributed by atoms with Crippen LogP contribution < -0.4 is 0 Å². The Kier molecular flexibility index (Phi) is 9.12. The van der Waals surface area contributed by atoms with Crippen molar-refractivity contribution in [2.75, 3.05) is 13.2 Å². The fourth-order valence-electron chi connectivity index (χ4n) is 3.02. The second-order valence-corrected chi connectivity index (χ2v) is 7.24. The number of ether oxygens (including phenoxy) is 1. The van der Waals surface area contributed by atoms with Crippen LogP contribution in [0.25, 0.3) is 0 Å². The van der Waals surface area contributed by atoms with Crippen molar-refractivity contribution in [2.45, 2.75) is 52.7 Å². The molecule has 0 fully saturated rings. The summed E-state index contributed by atoms with van der Waals surface area (Å²) in [5, 5.41) is 0. The van der Waals surface area contributed by atoms with Gasteiger partial charge in [0, 0.05) is 19.0 Å². The van der Waals surface area contributed by atoms with E-state index in [9.17, 15) is 14.4 Å². The maximum absolute atomic E-state index is 13.1. The Hall–Kier alpha value is -3.09. The summed E-state index contributed by atoms with van der Waals surface area (Å²) in [5.74, 6) is -0.175. The van der Waals surface area contributed by atoms with Gasteiger partial charge in [-0.05, 0) is 38.5 Å². The number of hydrogen-bond donors (Lipinski definition) is 0. The van der Waals surface area contributed by atoms with Gasteiger partial charge < -0.3 is 19.0 Å². The highest BCUT2D eigenvalue weighted by Crippen LogP contribution is 2.13. The van der Waals surface area contributed by atoms with Crippen LogP contribution in [0.5, 0.6) is 0 Å². The van der Waals surface area contributed by atoms with Gasteiger partial charge in [0.1, 0.15) is 5.76 Å². The Balaban J connectivity index is 2.07. The summed E-state index contributed by atoms with van der Waals surface area (Å²) in [6.45, 7) is 6.35. The molecule has 0 aliphatic carbocycles. The molecule has 2 amide bonds. The molecule has 0 atom stereocenters. The van der Waals surface area contributed by atoms with Crippen LogP contribution in [-0.4, -0.2) is 46.8 Å². The fourth-order valence-corrected chi connectivity index (χ4v) is 3.02. The lowest BCUT2D eigenvalue weighted by molar-refractivity contribution is -0.147. The first-order chi connectivity index (χ1) is 14.4. The van der Waals surface area contributed by atoms with E-state index in [1.165, 1.54) is 4.90 Å². The van der Waals surface area contributed by atoms with Gasteiger partial charge in [0.05, 0.1) is 32.4 Å². The number of esters is 1. The molecule has 0 aliphatic rings. The monoisotopic (exact) mass is 414 g/mol. The highest BCUT2D eigenvalue weighted by molar-refractivity contribution is 5.86. The van der Waals surface area contributed by atoms with Crippen molar-refractivity contribution in [1.82, 2.24) is 9.80 Å². The molecule has 0 radical (unpaired) electrons. The van der Waals surface area contributed by atoms with Gasteiger partial charge >= 0.3 is 5.97 Å². The Morgan fingerprint density at radius 3 is 2.30 bits per heavy atom. The minimum Gasteiger partial charge on any atom is -0.467 e. The van der Waals surface area contributed by atoms with Gasteiger partial charge in [-0.1, -0.05) is 30.3 Å². The average Bonchev–Trinajstić information content (AvgIpc) is 3.23. The molecule has 2 rings (SSSR count). The van der Waals surface area contributed by atoms with Crippen molar-refractivity contribution in [3.05, 3.63) is 60.1 Å². The third-order valence-corrected chi connectivity index (χ3v) is 4.59. The molecule has 0 spiro atoms. The first-order valence-corrected chi connectivity index (χ1v) is 10.2. The number of hydrogen-bond acceptors (Lipinski definition) is 5. The molecule has 0 saturated heterocycles. The molecule has 1 aromatic heterocycles. The second kappa shape index (κ2) is 11.8. The van der Waals surface area contributed by atoms with Crippen molar-refractivity contribution in [3.63, 3.8) is 0 Å². The second-order valence-electron chi connectivity index (χ2n) is 7.24. The highest BCUT2D eigenvalue weighted by atomic mass is 16.5. The molecular formula is C23H30N2O5. The van der Waals surface area contributed by atoms with Crippen LogP contribution in [0.4, 0.5) is 0 Å². The zero-order chi connectivity index (χ0) is 21.9. The predicted octanol–water partition coefficient (Wildman–Crippen LogP) is 3.39. The first kappa shape index (κ1) is 23.2. The van der Waals surface area contributed by atoms with Crippen LogP contribution in [0.3, 0.4) is 0 Å². The number of amides is 2. The summed E-state index contributed by atoms with van der Waals surface area (Å²) in [7, 11) is 0. The molecule has 0 N–H and O–H groups in total. The number of carbonyl (C=O) groups excluding carboxylic acids is 3. The zero-order valence-electron chi connectivity index (χ0n) is 17.9. The molecule has 0 unspecified atom stereocenters. The molecule has 2 aromatic rings. The van der Waals surface area contributed by atoms with Crippen LogP contribution >= 0.6 is 0 Å². The lowest BCUT2D eigenvalue weighted by Crippen LogP contribution is -2.45. The zero-order valence-corrected chi connectivity index (χ0v) is 17.9. The van der Waals surface area contributed by atoms with E-state index in [0.717, 1.165) is 5.56 Å². The van der Waals surface area contributed by atoms with E-state index in [0.29, 0.717) is 18.8 Å². The molecule has 1 aromatic carbocycles. The third kappa shape index (κ3) is 7.39. The summed E-state index contributed by atoms with van der Waals surface area (Å²) in [6, 6.07) is 13.1. The van der Waals surface area contributed by atoms with E-state index < -0.39 is 5.97 Å². The van der Waals surface area contributed by atoms with Crippen molar-refractivity contribution < 1.29 is 23.5 Å². The maximum atomic E-state index is 13.1. The Labute approximate surface area is 177 Å². The van der Waals surface area contributed by atoms with Gasteiger partial charge in [-0.15, -0.1) is 0 Å². The first-order valence-electron chi connectivity index (χ1n) is 10.2. The van der Waals surface area contributed by atoms with Crippen molar-refractivity contribution in [3.8, 4) is 0 Å². The van der Waals surface area contributed by atoms with Crippen LogP contribution in [0, 0.1) is 0 Å². The topological polar surface area (TPSA) is 80.1 Å². The minimum atomic E-state index is -0.413. The van der Waals surface area contributed by atoms with E-state index in [2.05, 4.69) is 0 Å².